The molecule has 1 N–H and O–H groups in total. The minimum Gasteiger partial charge on any atom is -0.291 e. The molecule has 2 aromatic carbocycles. The number of aromatic amines is 1. The molecule has 0 spiro atoms. The second kappa shape index (κ2) is 6.48. The zero-order valence-corrected chi connectivity index (χ0v) is 16.2. The van der Waals surface area contributed by atoms with E-state index in [0.29, 0.717) is 27.9 Å². The van der Waals surface area contributed by atoms with Crippen LogP contribution in [0.3, 0.4) is 0 Å². The minimum absolute atomic E-state index is 0.159. The molecule has 5 aromatic rings. The zero-order valence-electron chi connectivity index (χ0n) is 16.2. The maximum atomic E-state index is 13.6. The molecule has 30 heavy (non-hydrogen) atoms. The van der Waals surface area contributed by atoms with Crippen LogP contribution in [0, 0.1) is 12.7 Å². The summed E-state index contributed by atoms with van der Waals surface area (Å²) in [6.45, 7) is 1.83. The highest BCUT2D eigenvalue weighted by molar-refractivity contribution is 6.08. The molecule has 3 aromatic heterocycles. The first-order chi connectivity index (χ1) is 14.5. The Labute approximate surface area is 169 Å². The number of H-pyrrole nitrogens is 1. The fourth-order valence-corrected chi connectivity index (χ4v) is 3.71. The fraction of sp³-hybridized carbons (Fsp3) is 0.0909. The van der Waals surface area contributed by atoms with Gasteiger partial charge in [0.1, 0.15) is 11.5 Å². The first-order valence-electron chi connectivity index (χ1n) is 9.29. The normalized spacial score (nSPS) is 11.4. The molecular weight excluding hydrogens is 385 g/mol. The Balaban J connectivity index is 2.03. The van der Waals surface area contributed by atoms with Crippen molar-refractivity contribution in [2.24, 2.45) is 7.05 Å². The van der Waals surface area contributed by atoms with Crippen molar-refractivity contribution in [2.45, 2.75) is 6.92 Å². The number of nitrogens with one attached hydrogen (secondary N) is 1. The lowest BCUT2D eigenvalue weighted by Crippen LogP contribution is -2.33. The number of hydrogen-bond donors (Lipinski definition) is 1. The van der Waals surface area contributed by atoms with Crippen molar-refractivity contribution < 1.29 is 4.39 Å². The average Bonchev–Trinajstić information content (AvgIpc) is 3.08. The highest BCUT2D eigenvalue weighted by Crippen LogP contribution is 2.35. The summed E-state index contributed by atoms with van der Waals surface area (Å²) >= 11 is 0. The summed E-state index contributed by atoms with van der Waals surface area (Å²) in [6.07, 6.45) is 0. The summed E-state index contributed by atoms with van der Waals surface area (Å²) in [6, 6.07) is 15.3. The zero-order chi connectivity index (χ0) is 21.0. The molecule has 7 nitrogen and oxygen atoms in total. The standard InChI is InChI=1S/C22H16FN5O2/c1-12-16-17(13-8-10-14(23)11-9-13)18-19(25-22(30)27(2)21(18)29)24-20(16)28(26-12)15-6-4-3-5-7-15/h3-11H,1-2H3,(H,24,25,30). The molecule has 0 saturated heterocycles. The molecule has 5 rings (SSSR count). The molecule has 8 heteroatoms. The molecule has 0 fully saturated rings. The maximum absolute atomic E-state index is 13.6. The van der Waals surface area contributed by atoms with E-state index in [2.05, 4.69) is 15.1 Å². The van der Waals surface area contributed by atoms with E-state index in [1.165, 1.54) is 19.2 Å². The second-order valence-electron chi connectivity index (χ2n) is 7.04. The first kappa shape index (κ1) is 18.0. The summed E-state index contributed by atoms with van der Waals surface area (Å²) in [4.78, 5) is 32.6. The minimum atomic E-state index is -0.563. The molecule has 0 aliphatic rings. The molecule has 0 aliphatic heterocycles. The van der Waals surface area contributed by atoms with E-state index in [-0.39, 0.29) is 16.9 Å². The number of para-hydroxylation sites is 1. The molecule has 0 radical (unpaired) electrons. The summed E-state index contributed by atoms with van der Waals surface area (Å²) in [7, 11) is 1.40. The number of aryl methyl sites for hydroxylation is 1. The quantitative estimate of drug-likeness (QED) is 0.493. The van der Waals surface area contributed by atoms with Crippen molar-refractivity contribution in [2.75, 3.05) is 0 Å². The van der Waals surface area contributed by atoms with E-state index in [0.717, 1.165) is 10.3 Å². The molecule has 0 aliphatic carbocycles. The Morgan fingerprint density at radius 3 is 2.37 bits per heavy atom. The Bertz CT molecular complexity index is 1550. The van der Waals surface area contributed by atoms with Crippen LogP contribution in [0.5, 0.6) is 0 Å². The highest BCUT2D eigenvalue weighted by atomic mass is 19.1. The van der Waals surface area contributed by atoms with Crippen LogP contribution >= 0.6 is 0 Å². The predicted octanol–water partition coefficient (Wildman–Crippen LogP) is 3.08. The van der Waals surface area contributed by atoms with Gasteiger partial charge in [-0.05, 0) is 36.8 Å². The van der Waals surface area contributed by atoms with Crippen molar-refractivity contribution in [3.05, 3.63) is 86.9 Å². The van der Waals surface area contributed by atoms with E-state index >= 15 is 0 Å². The Kier molecular flexibility index (Phi) is 3.89. The third-order valence-corrected chi connectivity index (χ3v) is 5.17. The van der Waals surface area contributed by atoms with Crippen LogP contribution in [-0.2, 0) is 7.05 Å². The number of hydrogen-bond acceptors (Lipinski definition) is 4. The average molecular weight is 401 g/mol. The number of halogens is 1. The first-order valence-corrected chi connectivity index (χ1v) is 9.29. The van der Waals surface area contributed by atoms with Crippen molar-refractivity contribution in [3.63, 3.8) is 0 Å². The third kappa shape index (κ3) is 2.57. The van der Waals surface area contributed by atoms with Gasteiger partial charge in [-0.15, -0.1) is 0 Å². The number of nitrogens with zero attached hydrogens (tertiary/aromatic N) is 4. The topological polar surface area (TPSA) is 85.6 Å². The largest absolute Gasteiger partial charge is 0.329 e. The lowest BCUT2D eigenvalue weighted by Gasteiger charge is -2.10. The van der Waals surface area contributed by atoms with Crippen molar-refractivity contribution in [1.29, 1.82) is 0 Å². The van der Waals surface area contributed by atoms with E-state index in [1.54, 1.807) is 16.8 Å². The smallest absolute Gasteiger partial charge is 0.291 e. The van der Waals surface area contributed by atoms with Crippen LogP contribution in [0.25, 0.3) is 38.9 Å². The van der Waals surface area contributed by atoms with Gasteiger partial charge in [0.2, 0.25) is 0 Å². The van der Waals surface area contributed by atoms with Crippen molar-refractivity contribution in [3.8, 4) is 16.8 Å². The summed E-state index contributed by atoms with van der Waals surface area (Å²) < 4.78 is 16.3. The monoisotopic (exact) mass is 401 g/mol. The van der Waals surface area contributed by atoms with Crippen LogP contribution in [0.2, 0.25) is 0 Å². The van der Waals surface area contributed by atoms with Gasteiger partial charge in [0.15, 0.2) is 5.65 Å². The molecule has 3 heterocycles. The van der Waals surface area contributed by atoms with Crippen LogP contribution < -0.4 is 11.2 Å². The van der Waals surface area contributed by atoms with Gasteiger partial charge in [-0.3, -0.25) is 14.3 Å². The molecular formula is C22H16FN5O2. The van der Waals surface area contributed by atoms with Gasteiger partial charge < -0.3 is 0 Å². The number of aromatic nitrogens is 5. The van der Waals surface area contributed by atoms with Gasteiger partial charge in [-0.1, -0.05) is 30.3 Å². The van der Waals surface area contributed by atoms with Crippen LogP contribution in [-0.4, -0.2) is 24.3 Å². The Morgan fingerprint density at radius 1 is 0.967 bits per heavy atom. The maximum Gasteiger partial charge on any atom is 0.329 e. The Hall–Kier alpha value is -4.07. The Morgan fingerprint density at radius 2 is 1.67 bits per heavy atom. The number of rotatable bonds is 2. The summed E-state index contributed by atoms with van der Waals surface area (Å²) in [5.41, 5.74) is 2.26. The lowest BCUT2D eigenvalue weighted by atomic mass is 9.99. The van der Waals surface area contributed by atoms with Gasteiger partial charge in [-0.2, -0.15) is 5.10 Å². The van der Waals surface area contributed by atoms with Crippen molar-refractivity contribution >= 4 is 22.1 Å². The molecule has 0 amide bonds. The molecule has 0 atom stereocenters. The van der Waals surface area contributed by atoms with E-state index in [1.807, 2.05) is 37.3 Å². The fourth-order valence-electron chi connectivity index (χ4n) is 3.71. The van der Waals surface area contributed by atoms with E-state index in [9.17, 15) is 14.0 Å². The van der Waals surface area contributed by atoms with E-state index in [4.69, 9.17) is 0 Å². The number of pyridine rings is 1. The molecule has 0 saturated carbocycles. The summed E-state index contributed by atoms with van der Waals surface area (Å²) in [5, 5.41) is 5.57. The molecule has 0 bridgehead atoms. The molecule has 0 unspecified atom stereocenters. The highest BCUT2D eigenvalue weighted by Gasteiger charge is 2.22. The predicted molar refractivity (Wildman–Crippen MR) is 112 cm³/mol. The van der Waals surface area contributed by atoms with Gasteiger partial charge in [0, 0.05) is 12.6 Å². The van der Waals surface area contributed by atoms with Crippen LogP contribution in [0.15, 0.2) is 64.2 Å². The third-order valence-electron chi connectivity index (χ3n) is 5.17. The van der Waals surface area contributed by atoms with E-state index < -0.39 is 11.2 Å². The lowest BCUT2D eigenvalue weighted by molar-refractivity contribution is 0.628. The number of fused-ring (bicyclic) bond motifs is 2. The second-order valence-corrected chi connectivity index (χ2v) is 7.04. The van der Waals surface area contributed by atoms with Crippen LogP contribution in [0.1, 0.15) is 5.69 Å². The summed E-state index contributed by atoms with van der Waals surface area (Å²) in [5.74, 6) is -0.383. The number of benzene rings is 2. The van der Waals surface area contributed by atoms with Gasteiger partial charge in [-0.25, -0.2) is 18.9 Å². The van der Waals surface area contributed by atoms with Gasteiger partial charge in [0.05, 0.1) is 22.2 Å². The SMILES string of the molecule is Cc1nn(-c2ccccc2)c2nc3[nH]c(=O)n(C)c(=O)c3c(-c3ccc(F)cc3)c12. The van der Waals surface area contributed by atoms with Gasteiger partial charge in [0.25, 0.3) is 5.56 Å². The molecule has 148 valence electrons. The van der Waals surface area contributed by atoms with Crippen LogP contribution in [0.4, 0.5) is 4.39 Å². The van der Waals surface area contributed by atoms with Crippen molar-refractivity contribution in [1.82, 2.24) is 24.3 Å². The van der Waals surface area contributed by atoms with Gasteiger partial charge >= 0.3 is 5.69 Å².